The molecule has 0 radical (unpaired) electrons. The van der Waals surface area contributed by atoms with Gasteiger partial charge in [0.25, 0.3) is 0 Å². The average Bonchev–Trinajstić information content (AvgIpc) is 3.08. The number of carboxylic acids is 1. The zero-order valence-corrected chi connectivity index (χ0v) is 12.7. The van der Waals surface area contributed by atoms with Crippen molar-refractivity contribution in [2.75, 3.05) is 13.6 Å². The number of aliphatic carboxylic acids is 1. The number of fused-ring (bicyclic) bond motifs is 2. The van der Waals surface area contributed by atoms with E-state index in [0.717, 1.165) is 29.9 Å². The standard InChI is InChI=1S/C18H25NO2/c1-19(12-16-10-13-7-8-15(16)9-13)17(11-18(20)21)14-5-3-2-4-6-14/h2-6,13,15-17H,7-12H2,1H3,(H,20,21). The van der Waals surface area contributed by atoms with Crippen molar-refractivity contribution in [3.63, 3.8) is 0 Å². The molecular formula is C18H25NO2. The third kappa shape index (κ3) is 3.29. The van der Waals surface area contributed by atoms with E-state index in [1.165, 1.54) is 25.7 Å². The minimum atomic E-state index is -0.719. The molecule has 1 aromatic rings. The SMILES string of the molecule is CN(CC1CC2CCC1C2)C(CC(=O)O)c1ccccc1. The molecule has 3 nitrogen and oxygen atoms in total. The van der Waals surface area contributed by atoms with E-state index >= 15 is 0 Å². The quantitative estimate of drug-likeness (QED) is 0.869. The molecule has 0 aromatic heterocycles. The maximum Gasteiger partial charge on any atom is 0.305 e. The summed E-state index contributed by atoms with van der Waals surface area (Å²) in [6.07, 6.45) is 5.75. The molecule has 0 heterocycles. The van der Waals surface area contributed by atoms with Gasteiger partial charge in [0.1, 0.15) is 0 Å². The smallest absolute Gasteiger partial charge is 0.305 e. The molecule has 0 spiro atoms. The van der Waals surface area contributed by atoms with Crippen LogP contribution in [0.25, 0.3) is 0 Å². The molecule has 4 atom stereocenters. The van der Waals surface area contributed by atoms with Crippen LogP contribution in [0.5, 0.6) is 0 Å². The van der Waals surface area contributed by atoms with Crippen molar-refractivity contribution in [3.05, 3.63) is 35.9 Å². The summed E-state index contributed by atoms with van der Waals surface area (Å²) in [6.45, 7) is 1.04. The van der Waals surface area contributed by atoms with E-state index in [1.807, 2.05) is 30.3 Å². The third-order valence-corrected chi connectivity index (χ3v) is 5.49. The summed E-state index contributed by atoms with van der Waals surface area (Å²) in [5.41, 5.74) is 1.12. The van der Waals surface area contributed by atoms with Crippen LogP contribution >= 0.6 is 0 Å². The Morgan fingerprint density at radius 2 is 2.05 bits per heavy atom. The van der Waals surface area contributed by atoms with Crippen LogP contribution in [-0.4, -0.2) is 29.6 Å². The maximum absolute atomic E-state index is 11.2. The summed E-state index contributed by atoms with van der Waals surface area (Å²) >= 11 is 0. The predicted octanol–water partition coefficient (Wildman–Crippen LogP) is 3.57. The number of hydrogen-bond acceptors (Lipinski definition) is 2. The zero-order valence-electron chi connectivity index (χ0n) is 12.7. The van der Waals surface area contributed by atoms with Gasteiger partial charge in [-0.3, -0.25) is 9.69 Å². The molecule has 3 heteroatoms. The lowest BCUT2D eigenvalue weighted by Gasteiger charge is -2.32. The Balaban J connectivity index is 1.69. The van der Waals surface area contributed by atoms with Gasteiger partial charge < -0.3 is 5.11 Å². The van der Waals surface area contributed by atoms with Gasteiger partial charge in [0.2, 0.25) is 0 Å². The van der Waals surface area contributed by atoms with Crippen molar-refractivity contribution in [1.29, 1.82) is 0 Å². The molecule has 3 rings (SSSR count). The monoisotopic (exact) mass is 287 g/mol. The fourth-order valence-electron chi connectivity index (χ4n) is 4.47. The van der Waals surface area contributed by atoms with Crippen LogP contribution in [0.4, 0.5) is 0 Å². The highest BCUT2D eigenvalue weighted by atomic mass is 16.4. The van der Waals surface area contributed by atoms with E-state index in [0.29, 0.717) is 0 Å². The van der Waals surface area contributed by atoms with E-state index in [1.54, 1.807) is 0 Å². The first kappa shape index (κ1) is 14.6. The van der Waals surface area contributed by atoms with Gasteiger partial charge in [0.15, 0.2) is 0 Å². The predicted molar refractivity (Wildman–Crippen MR) is 83.0 cm³/mol. The molecule has 2 aliphatic carbocycles. The summed E-state index contributed by atoms with van der Waals surface area (Å²) in [6, 6.07) is 10.1. The average molecular weight is 287 g/mol. The number of nitrogens with zero attached hydrogens (tertiary/aromatic N) is 1. The van der Waals surface area contributed by atoms with Gasteiger partial charge in [-0.25, -0.2) is 0 Å². The maximum atomic E-state index is 11.2. The molecule has 114 valence electrons. The van der Waals surface area contributed by atoms with Gasteiger partial charge in [-0.1, -0.05) is 36.8 Å². The summed E-state index contributed by atoms with van der Waals surface area (Å²) in [5, 5.41) is 9.23. The van der Waals surface area contributed by atoms with Crippen LogP contribution < -0.4 is 0 Å². The first-order chi connectivity index (χ1) is 10.1. The van der Waals surface area contributed by atoms with Crippen LogP contribution in [0.1, 0.15) is 43.7 Å². The van der Waals surface area contributed by atoms with E-state index in [2.05, 4.69) is 11.9 Å². The molecule has 2 saturated carbocycles. The van der Waals surface area contributed by atoms with Crippen LogP contribution in [0.2, 0.25) is 0 Å². The molecule has 0 aliphatic heterocycles. The molecule has 21 heavy (non-hydrogen) atoms. The number of rotatable bonds is 6. The lowest BCUT2D eigenvalue weighted by Crippen LogP contribution is -2.33. The molecular weight excluding hydrogens is 262 g/mol. The Kier molecular flexibility index (Phi) is 4.29. The number of carboxylic acid groups (broad SMARTS) is 1. The molecule has 2 fully saturated rings. The van der Waals surface area contributed by atoms with Gasteiger partial charge in [-0.15, -0.1) is 0 Å². The Hall–Kier alpha value is -1.35. The van der Waals surface area contributed by atoms with Crippen LogP contribution in [0.3, 0.4) is 0 Å². The number of carbonyl (C=O) groups is 1. The highest BCUT2D eigenvalue weighted by Gasteiger charge is 2.40. The van der Waals surface area contributed by atoms with Crippen LogP contribution in [0, 0.1) is 17.8 Å². The van der Waals surface area contributed by atoms with E-state index in [4.69, 9.17) is 0 Å². The van der Waals surface area contributed by atoms with Crippen molar-refractivity contribution < 1.29 is 9.90 Å². The van der Waals surface area contributed by atoms with E-state index < -0.39 is 5.97 Å². The minimum Gasteiger partial charge on any atom is -0.481 e. The van der Waals surface area contributed by atoms with Crippen molar-refractivity contribution >= 4 is 5.97 Å². The lowest BCUT2D eigenvalue weighted by molar-refractivity contribution is -0.138. The van der Waals surface area contributed by atoms with Gasteiger partial charge in [0, 0.05) is 12.6 Å². The minimum absolute atomic E-state index is 0.0113. The highest BCUT2D eigenvalue weighted by Crippen LogP contribution is 2.48. The molecule has 1 aromatic carbocycles. The van der Waals surface area contributed by atoms with E-state index in [9.17, 15) is 9.90 Å². The van der Waals surface area contributed by atoms with Crippen molar-refractivity contribution in [1.82, 2.24) is 4.90 Å². The molecule has 1 N–H and O–H groups in total. The number of benzene rings is 1. The normalized spacial score (nSPS) is 29.0. The molecule has 2 bridgehead atoms. The topological polar surface area (TPSA) is 40.5 Å². The zero-order chi connectivity index (χ0) is 14.8. The van der Waals surface area contributed by atoms with Crippen molar-refractivity contribution in [3.8, 4) is 0 Å². The van der Waals surface area contributed by atoms with Gasteiger partial charge in [-0.2, -0.15) is 0 Å². The Labute approximate surface area is 127 Å². The largest absolute Gasteiger partial charge is 0.481 e. The Bertz CT molecular complexity index is 487. The van der Waals surface area contributed by atoms with Crippen molar-refractivity contribution in [2.45, 2.75) is 38.1 Å². The Morgan fingerprint density at radius 3 is 2.62 bits per heavy atom. The first-order valence-electron chi connectivity index (χ1n) is 8.10. The summed E-state index contributed by atoms with van der Waals surface area (Å²) < 4.78 is 0. The fourth-order valence-corrected chi connectivity index (χ4v) is 4.47. The summed E-state index contributed by atoms with van der Waals surface area (Å²) in [7, 11) is 2.09. The van der Waals surface area contributed by atoms with Crippen LogP contribution in [0.15, 0.2) is 30.3 Å². The van der Waals surface area contributed by atoms with Crippen molar-refractivity contribution in [2.24, 2.45) is 17.8 Å². The fraction of sp³-hybridized carbons (Fsp3) is 0.611. The molecule has 0 amide bonds. The van der Waals surface area contributed by atoms with Crippen LogP contribution in [-0.2, 0) is 4.79 Å². The second kappa shape index (κ2) is 6.18. The second-order valence-corrected chi connectivity index (χ2v) is 6.90. The van der Waals surface area contributed by atoms with E-state index in [-0.39, 0.29) is 12.5 Å². The Morgan fingerprint density at radius 1 is 1.29 bits per heavy atom. The second-order valence-electron chi connectivity index (χ2n) is 6.90. The lowest BCUT2D eigenvalue weighted by atomic mass is 9.88. The molecule has 0 saturated heterocycles. The number of hydrogen-bond donors (Lipinski definition) is 1. The van der Waals surface area contributed by atoms with Gasteiger partial charge in [-0.05, 0) is 49.6 Å². The van der Waals surface area contributed by atoms with Gasteiger partial charge in [0.05, 0.1) is 6.42 Å². The molecule has 4 unspecified atom stereocenters. The summed E-state index contributed by atoms with van der Waals surface area (Å²) in [4.78, 5) is 13.5. The van der Waals surface area contributed by atoms with Gasteiger partial charge >= 0.3 is 5.97 Å². The molecule has 2 aliphatic rings. The first-order valence-corrected chi connectivity index (χ1v) is 8.10. The third-order valence-electron chi connectivity index (χ3n) is 5.49. The summed E-state index contributed by atoms with van der Waals surface area (Å²) in [5.74, 6) is 1.89. The highest BCUT2D eigenvalue weighted by molar-refractivity contribution is 5.67.